The van der Waals surface area contributed by atoms with Crippen molar-refractivity contribution in [2.24, 2.45) is 12.8 Å². The number of aromatic nitrogens is 2. The van der Waals surface area contributed by atoms with E-state index in [9.17, 15) is 4.21 Å². The molecule has 0 fully saturated rings. The molecular formula is C10H19N3OS. The maximum atomic E-state index is 11.8. The van der Waals surface area contributed by atoms with Gasteiger partial charge in [0, 0.05) is 29.1 Å². The summed E-state index contributed by atoms with van der Waals surface area (Å²) in [5, 5.41) is 4.21. The minimum atomic E-state index is -0.923. The van der Waals surface area contributed by atoms with E-state index >= 15 is 0 Å². The summed E-state index contributed by atoms with van der Waals surface area (Å²) in [4.78, 5) is 0. The molecule has 0 aliphatic carbocycles. The summed E-state index contributed by atoms with van der Waals surface area (Å²) in [7, 11) is 0.945. The first-order valence-corrected chi connectivity index (χ1v) is 6.40. The largest absolute Gasteiger partial charge is 0.325 e. The van der Waals surface area contributed by atoms with E-state index in [0.717, 1.165) is 11.4 Å². The highest BCUT2D eigenvalue weighted by molar-refractivity contribution is 7.84. The average Bonchev–Trinajstić information content (AvgIpc) is 2.25. The van der Waals surface area contributed by atoms with Gasteiger partial charge in [-0.3, -0.25) is 8.89 Å². The van der Waals surface area contributed by atoms with Gasteiger partial charge in [-0.05, 0) is 26.8 Å². The number of nitrogens with zero attached hydrogens (tertiary/aromatic N) is 2. The van der Waals surface area contributed by atoms with Crippen molar-refractivity contribution in [2.75, 3.05) is 5.75 Å². The van der Waals surface area contributed by atoms with E-state index in [1.54, 1.807) is 4.68 Å². The second-order valence-corrected chi connectivity index (χ2v) is 6.07. The fourth-order valence-corrected chi connectivity index (χ4v) is 2.96. The SMILES string of the molecule is Cc1cc(CS(=O)CC(C)(C)N)n(C)n1. The summed E-state index contributed by atoms with van der Waals surface area (Å²) in [6.07, 6.45) is 0. The molecule has 86 valence electrons. The van der Waals surface area contributed by atoms with Crippen LogP contribution in [0.5, 0.6) is 0 Å². The van der Waals surface area contributed by atoms with E-state index in [1.807, 2.05) is 33.9 Å². The highest BCUT2D eigenvalue weighted by Crippen LogP contribution is 2.08. The third-order valence-corrected chi connectivity index (χ3v) is 3.62. The lowest BCUT2D eigenvalue weighted by atomic mass is 10.1. The van der Waals surface area contributed by atoms with E-state index in [4.69, 9.17) is 5.73 Å². The summed E-state index contributed by atoms with van der Waals surface area (Å²) in [5.74, 6) is 1.04. The Balaban J connectivity index is 2.63. The molecule has 1 atom stereocenters. The van der Waals surface area contributed by atoms with Crippen molar-refractivity contribution in [2.45, 2.75) is 32.1 Å². The van der Waals surface area contributed by atoms with Crippen LogP contribution in [0.4, 0.5) is 0 Å². The van der Waals surface area contributed by atoms with Gasteiger partial charge in [-0.15, -0.1) is 0 Å². The number of hydrogen-bond donors (Lipinski definition) is 1. The maximum absolute atomic E-state index is 11.8. The lowest BCUT2D eigenvalue weighted by molar-refractivity contribution is 0.576. The zero-order chi connectivity index (χ0) is 11.6. The maximum Gasteiger partial charge on any atom is 0.0656 e. The van der Waals surface area contributed by atoms with Crippen molar-refractivity contribution in [1.82, 2.24) is 9.78 Å². The summed E-state index contributed by atoms with van der Waals surface area (Å²) in [6.45, 7) is 5.71. The van der Waals surface area contributed by atoms with E-state index in [0.29, 0.717) is 11.5 Å². The molecule has 1 heterocycles. The molecule has 0 spiro atoms. The van der Waals surface area contributed by atoms with Crippen LogP contribution in [0.25, 0.3) is 0 Å². The molecule has 1 aromatic heterocycles. The zero-order valence-electron chi connectivity index (χ0n) is 9.78. The third kappa shape index (κ3) is 4.13. The van der Waals surface area contributed by atoms with Crippen LogP contribution in [-0.2, 0) is 23.6 Å². The molecule has 0 amide bonds. The Morgan fingerprint density at radius 2 is 2.20 bits per heavy atom. The Kier molecular flexibility index (Phi) is 3.67. The minimum absolute atomic E-state index is 0.376. The van der Waals surface area contributed by atoms with Crippen LogP contribution in [0.2, 0.25) is 0 Å². The summed E-state index contributed by atoms with van der Waals surface area (Å²) >= 11 is 0. The van der Waals surface area contributed by atoms with Gasteiger partial charge in [0.1, 0.15) is 0 Å². The number of hydrogen-bond acceptors (Lipinski definition) is 3. The fourth-order valence-electron chi connectivity index (χ4n) is 1.43. The first-order chi connectivity index (χ1) is 6.78. The van der Waals surface area contributed by atoms with Crippen LogP contribution in [0.1, 0.15) is 25.2 Å². The van der Waals surface area contributed by atoms with Crippen molar-refractivity contribution in [3.63, 3.8) is 0 Å². The first kappa shape index (κ1) is 12.4. The van der Waals surface area contributed by atoms with Gasteiger partial charge in [-0.25, -0.2) is 0 Å². The van der Waals surface area contributed by atoms with Crippen molar-refractivity contribution >= 4 is 10.8 Å². The van der Waals surface area contributed by atoms with Crippen molar-refractivity contribution in [3.05, 3.63) is 17.5 Å². The van der Waals surface area contributed by atoms with Gasteiger partial charge in [0.15, 0.2) is 0 Å². The molecule has 0 radical (unpaired) electrons. The minimum Gasteiger partial charge on any atom is -0.325 e. The van der Waals surface area contributed by atoms with Crippen LogP contribution in [-0.4, -0.2) is 25.3 Å². The smallest absolute Gasteiger partial charge is 0.0656 e. The molecule has 1 unspecified atom stereocenters. The van der Waals surface area contributed by atoms with Gasteiger partial charge in [-0.2, -0.15) is 5.10 Å². The predicted molar refractivity (Wildman–Crippen MR) is 62.9 cm³/mol. The molecule has 1 aromatic rings. The van der Waals surface area contributed by atoms with Gasteiger partial charge >= 0.3 is 0 Å². The second kappa shape index (κ2) is 4.45. The Labute approximate surface area is 93.3 Å². The lowest BCUT2D eigenvalue weighted by Crippen LogP contribution is -2.38. The highest BCUT2D eigenvalue weighted by atomic mass is 32.2. The fraction of sp³-hybridized carbons (Fsp3) is 0.700. The lowest BCUT2D eigenvalue weighted by Gasteiger charge is -2.17. The van der Waals surface area contributed by atoms with Gasteiger partial charge in [0.2, 0.25) is 0 Å². The monoisotopic (exact) mass is 229 g/mol. The Morgan fingerprint density at radius 3 is 2.60 bits per heavy atom. The first-order valence-electron chi connectivity index (χ1n) is 4.91. The molecule has 5 heteroatoms. The molecule has 15 heavy (non-hydrogen) atoms. The van der Waals surface area contributed by atoms with Crippen molar-refractivity contribution in [3.8, 4) is 0 Å². The third-order valence-electron chi connectivity index (χ3n) is 1.94. The number of nitrogens with two attached hydrogens (primary N) is 1. The molecule has 0 bridgehead atoms. The van der Waals surface area contributed by atoms with Gasteiger partial charge in [0.05, 0.1) is 17.1 Å². The van der Waals surface area contributed by atoms with Crippen molar-refractivity contribution in [1.29, 1.82) is 0 Å². The van der Waals surface area contributed by atoms with E-state index in [1.165, 1.54) is 0 Å². The van der Waals surface area contributed by atoms with Crippen LogP contribution >= 0.6 is 0 Å². The van der Waals surface area contributed by atoms with E-state index in [2.05, 4.69) is 5.10 Å². The van der Waals surface area contributed by atoms with Crippen LogP contribution in [0, 0.1) is 6.92 Å². The number of rotatable bonds is 4. The molecule has 4 nitrogen and oxygen atoms in total. The molecule has 0 saturated carbocycles. The Bertz CT molecular complexity index is 365. The summed E-state index contributed by atoms with van der Waals surface area (Å²) < 4.78 is 13.6. The molecule has 1 rings (SSSR count). The summed E-state index contributed by atoms with van der Waals surface area (Å²) in [5.41, 5.74) is 7.39. The topological polar surface area (TPSA) is 60.9 Å². The predicted octanol–water partition coefficient (Wildman–Crippen LogP) is 0.715. The van der Waals surface area contributed by atoms with Crippen molar-refractivity contribution < 1.29 is 4.21 Å². The van der Waals surface area contributed by atoms with Gasteiger partial charge < -0.3 is 5.73 Å². The Morgan fingerprint density at radius 1 is 1.60 bits per heavy atom. The molecule has 0 aliphatic rings. The molecular weight excluding hydrogens is 210 g/mol. The normalized spacial score (nSPS) is 14.2. The zero-order valence-corrected chi connectivity index (χ0v) is 10.6. The van der Waals surface area contributed by atoms with Gasteiger partial charge in [-0.1, -0.05) is 0 Å². The molecule has 2 N–H and O–H groups in total. The average molecular weight is 229 g/mol. The van der Waals surface area contributed by atoms with Crippen LogP contribution < -0.4 is 5.73 Å². The van der Waals surface area contributed by atoms with Gasteiger partial charge in [0.25, 0.3) is 0 Å². The molecule has 0 aliphatic heterocycles. The molecule has 0 aromatic carbocycles. The van der Waals surface area contributed by atoms with Crippen LogP contribution in [0.15, 0.2) is 6.07 Å². The Hall–Kier alpha value is -0.680. The summed E-state index contributed by atoms with van der Waals surface area (Å²) in [6, 6.07) is 1.96. The standard InChI is InChI=1S/C10H19N3OS/c1-8-5-9(13(4)12-8)6-15(14)7-10(2,3)11/h5H,6-7,11H2,1-4H3. The quantitative estimate of drug-likeness (QED) is 0.827. The van der Waals surface area contributed by atoms with E-state index in [-0.39, 0.29) is 5.54 Å². The van der Waals surface area contributed by atoms with E-state index < -0.39 is 10.8 Å². The number of aryl methyl sites for hydroxylation is 2. The van der Waals surface area contributed by atoms with Crippen LogP contribution in [0.3, 0.4) is 0 Å². The second-order valence-electron chi connectivity index (χ2n) is 4.62. The molecule has 0 saturated heterocycles. The highest BCUT2D eigenvalue weighted by Gasteiger charge is 2.16.